The van der Waals surface area contributed by atoms with Gasteiger partial charge >= 0.3 is 5.97 Å². The van der Waals surface area contributed by atoms with E-state index in [1.807, 2.05) is 11.8 Å². The zero-order valence-corrected chi connectivity index (χ0v) is 19.4. The SMILES string of the molecule is CCCCCSCC12C[C@@H]3[C@H](C)CC[C@H]3C3(C=O)CC1C=C(C(C)C)[C@@]23C(=O)O. The molecule has 4 bridgehead atoms. The summed E-state index contributed by atoms with van der Waals surface area (Å²) in [5.74, 6) is 3.07. The second kappa shape index (κ2) is 7.43. The molecule has 0 aliphatic heterocycles. The van der Waals surface area contributed by atoms with E-state index >= 15 is 0 Å². The summed E-state index contributed by atoms with van der Waals surface area (Å²) < 4.78 is 0. The second-order valence-corrected chi connectivity index (χ2v) is 11.9. The molecule has 3 nitrogen and oxygen atoms in total. The van der Waals surface area contributed by atoms with Crippen molar-refractivity contribution in [3.8, 4) is 0 Å². The standard InChI is InChI=1S/C25H38O3S/c1-5-6-7-10-29-15-24-13-19-17(4)8-9-20(19)23(14-26)12-18(24)11-21(16(2)3)25(23,24)22(27)28/h11,14,16-20H,5-10,12-13,15H2,1-4H3,(H,27,28)/t17-,18?,19-,20-,23?,24?,25+/m1/s1. The Kier molecular flexibility index (Phi) is 5.50. The predicted octanol–water partition coefficient (Wildman–Crippen LogP) is 5.83. The number of carbonyl (C=O) groups excluding carboxylic acids is 1. The average molecular weight is 419 g/mol. The molecule has 4 aliphatic rings. The lowest BCUT2D eigenvalue weighted by molar-refractivity contribution is -0.177. The smallest absolute Gasteiger partial charge is 0.315 e. The third-order valence-corrected chi connectivity index (χ3v) is 10.7. The summed E-state index contributed by atoms with van der Waals surface area (Å²) in [6.07, 6.45) is 11.0. The second-order valence-electron chi connectivity index (χ2n) is 10.7. The highest BCUT2D eigenvalue weighted by Gasteiger charge is 2.83. The minimum atomic E-state index is -0.983. The number of aldehydes is 1. The number of fused-ring (bicyclic) bond motifs is 2. The number of allylic oxidation sites excluding steroid dienone is 1. The molecule has 4 rings (SSSR count). The van der Waals surface area contributed by atoms with Gasteiger partial charge in [0.15, 0.2) is 0 Å². The number of carboxylic acid groups (broad SMARTS) is 1. The largest absolute Gasteiger partial charge is 0.481 e. The van der Waals surface area contributed by atoms with Crippen LogP contribution in [0.25, 0.3) is 0 Å². The molecule has 1 N–H and O–H groups in total. The number of hydrogen-bond donors (Lipinski definition) is 1. The van der Waals surface area contributed by atoms with Crippen molar-refractivity contribution in [2.45, 2.75) is 72.6 Å². The minimum absolute atomic E-state index is 0.176. The van der Waals surface area contributed by atoms with Crippen molar-refractivity contribution in [3.05, 3.63) is 11.6 Å². The van der Waals surface area contributed by atoms with Gasteiger partial charge in [-0.25, -0.2) is 0 Å². The fourth-order valence-corrected chi connectivity index (χ4v) is 9.81. The van der Waals surface area contributed by atoms with Crippen LogP contribution in [0.3, 0.4) is 0 Å². The molecule has 0 aromatic carbocycles. The maximum absolute atomic E-state index is 13.3. The van der Waals surface area contributed by atoms with Crippen LogP contribution in [0.4, 0.5) is 0 Å². The average Bonchev–Trinajstić information content (AvgIpc) is 3.25. The first-order chi connectivity index (χ1) is 13.8. The van der Waals surface area contributed by atoms with E-state index in [0.717, 1.165) is 49.0 Å². The summed E-state index contributed by atoms with van der Waals surface area (Å²) in [5.41, 5.74) is -0.893. The summed E-state index contributed by atoms with van der Waals surface area (Å²) in [4.78, 5) is 26.2. The van der Waals surface area contributed by atoms with Crippen LogP contribution >= 0.6 is 11.8 Å². The molecule has 0 heterocycles. The first-order valence-corrected chi connectivity index (χ1v) is 13.0. The molecule has 7 atom stereocenters. The van der Waals surface area contributed by atoms with Crippen LogP contribution in [0.2, 0.25) is 0 Å². The van der Waals surface area contributed by atoms with Gasteiger partial charge in [0.1, 0.15) is 11.7 Å². The number of aliphatic carboxylic acids is 1. The van der Waals surface area contributed by atoms with Crippen molar-refractivity contribution in [1.29, 1.82) is 0 Å². The Morgan fingerprint density at radius 1 is 1.31 bits per heavy atom. The van der Waals surface area contributed by atoms with E-state index < -0.39 is 16.8 Å². The van der Waals surface area contributed by atoms with Crippen LogP contribution in [0, 0.1) is 45.8 Å². The highest BCUT2D eigenvalue weighted by atomic mass is 32.2. The van der Waals surface area contributed by atoms with E-state index in [9.17, 15) is 14.7 Å². The maximum Gasteiger partial charge on any atom is 0.315 e. The van der Waals surface area contributed by atoms with Crippen molar-refractivity contribution >= 4 is 24.0 Å². The van der Waals surface area contributed by atoms with Gasteiger partial charge in [-0.05, 0) is 61.0 Å². The van der Waals surface area contributed by atoms with Gasteiger partial charge in [0.25, 0.3) is 0 Å². The monoisotopic (exact) mass is 418 g/mol. The minimum Gasteiger partial charge on any atom is -0.481 e. The lowest BCUT2D eigenvalue weighted by Gasteiger charge is -2.58. The molecular formula is C25H38O3S. The zero-order valence-electron chi connectivity index (χ0n) is 18.6. The van der Waals surface area contributed by atoms with E-state index in [4.69, 9.17) is 0 Å². The zero-order chi connectivity index (χ0) is 21.0. The van der Waals surface area contributed by atoms with Gasteiger partial charge in [-0.15, -0.1) is 0 Å². The van der Waals surface area contributed by atoms with Crippen molar-refractivity contribution in [2.24, 2.45) is 45.8 Å². The van der Waals surface area contributed by atoms with Gasteiger partial charge in [0.2, 0.25) is 0 Å². The number of unbranched alkanes of at least 4 members (excludes halogenated alkanes) is 2. The number of carbonyl (C=O) groups is 2. The molecule has 0 amide bonds. The molecular weight excluding hydrogens is 380 g/mol. The molecule has 0 spiro atoms. The van der Waals surface area contributed by atoms with E-state index in [1.165, 1.54) is 19.3 Å². The molecule has 4 heteroatoms. The van der Waals surface area contributed by atoms with Gasteiger partial charge in [-0.2, -0.15) is 11.8 Å². The van der Waals surface area contributed by atoms with Crippen molar-refractivity contribution in [3.63, 3.8) is 0 Å². The van der Waals surface area contributed by atoms with Gasteiger partial charge in [-0.1, -0.05) is 58.6 Å². The molecule has 4 aliphatic carbocycles. The lowest BCUT2D eigenvalue weighted by Crippen LogP contribution is -2.63. The van der Waals surface area contributed by atoms with Crippen LogP contribution in [-0.4, -0.2) is 28.9 Å². The molecule has 0 aromatic heterocycles. The molecule has 29 heavy (non-hydrogen) atoms. The lowest BCUT2D eigenvalue weighted by atomic mass is 9.43. The summed E-state index contributed by atoms with van der Waals surface area (Å²) in [6, 6.07) is 0. The van der Waals surface area contributed by atoms with Crippen molar-refractivity contribution in [2.75, 3.05) is 11.5 Å². The van der Waals surface area contributed by atoms with Gasteiger partial charge in [0.05, 0.1) is 5.41 Å². The Balaban J connectivity index is 1.82. The van der Waals surface area contributed by atoms with Crippen LogP contribution < -0.4 is 0 Å². The van der Waals surface area contributed by atoms with E-state index in [-0.39, 0.29) is 23.2 Å². The topological polar surface area (TPSA) is 54.4 Å². The van der Waals surface area contributed by atoms with E-state index in [1.54, 1.807) is 0 Å². The molecule has 0 aromatic rings. The quantitative estimate of drug-likeness (QED) is 0.290. The number of rotatable bonds is 9. The molecule has 162 valence electrons. The Morgan fingerprint density at radius 2 is 2.07 bits per heavy atom. The van der Waals surface area contributed by atoms with Crippen LogP contribution in [0.1, 0.15) is 72.6 Å². The van der Waals surface area contributed by atoms with Crippen LogP contribution in [-0.2, 0) is 9.59 Å². The third-order valence-electron chi connectivity index (χ3n) is 9.37. The summed E-state index contributed by atoms with van der Waals surface area (Å²) >= 11 is 1.96. The predicted molar refractivity (Wildman–Crippen MR) is 119 cm³/mol. The van der Waals surface area contributed by atoms with E-state index in [0.29, 0.717) is 11.8 Å². The fraction of sp³-hybridized carbons (Fsp3) is 0.840. The normalized spacial score (nSPS) is 44.8. The number of hydrogen-bond acceptors (Lipinski definition) is 3. The summed E-state index contributed by atoms with van der Waals surface area (Å²) in [7, 11) is 0. The first-order valence-electron chi connectivity index (χ1n) is 11.8. The molecule has 0 saturated heterocycles. The highest BCUT2D eigenvalue weighted by Crippen LogP contribution is 2.83. The van der Waals surface area contributed by atoms with Gasteiger partial charge in [-0.3, -0.25) is 4.79 Å². The van der Waals surface area contributed by atoms with E-state index in [2.05, 4.69) is 33.8 Å². The fourth-order valence-electron chi connectivity index (χ4n) is 8.34. The third kappa shape index (κ3) is 2.50. The van der Waals surface area contributed by atoms with Gasteiger partial charge in [0, 0.05) is 11.2 Å². The molecule has 3 unspecified atom stereocenters. The first kappa shape index (κ1) is 21.5. The molecule has 0 radical (unpaired) electrons. The number of carboxylic acids is 1. The highest BCUT2D eigenvalue weighted by molar-refractivity contribution is 7.99. The Labute approximate surface area is 180 Å². The van der Waals surface area contributed by atoms with Crippen molar-refractivity contribution < 1.29 is 14.7 Å². The van der Waals surface area contributed by atoms with Crippen LogP contribution in [0.15, 0.2) is 11.6 Å². The van der Waals surface area contributed by atoms with Crippen LogP contribution in [0.5, 0.6) is 0 Å². The number of thioether (sulfide) groups is 1. The summed E-state index contributed by atoms with van der Waals surface area (Å²) in [6.45, 7) is 8.81. The Hall–Kier alpha value is -0.770. The van der Waals surface area contributed by atoms with Crippen molar-refractivity contribution in [1.82, 2.24) is 0 Å². The summed E-state index contributed by atoms with van der Waals surface area (Å²) in [5, 5.41) is 10.9. The molecule has 3 fully saturated rings. The Morgan fingerprint density at radius 3 is 2.69 bits per heavy atom. The maximum atomic E-state index is 13.3. The molecule has 3 saturated carbocycles. The Bertz CT molecular complexity index is 715. The van der Waals surface area contributed by atoms with Gasteiger partial charge < -0.3 is 9.90 Å².